The Kier molecular flexibility index (Phi) is 4.84. The predicted molar refractivity (Wildman–Crippen MR) is 106 cm³/mol. The van der Waals surface area contributed by atoms with Crippen molar-refractivity contribution in [3.63, 3.8) is 0 Å². The lowest BCUT2D eigenvalue weighted by molar-refractivity contribution is 0.102. The lowest BCUT2D eigenvalue weighted by Crippen LogP contribution is -2.40. The maximum absolute atomic E-state index is 14.3. The number of nitrogens with one attached hydrogen (secondary N) is 1. The van der Waals surface area contributed by atoms with Crippen molar-refractivity contribution in [1.82, 2.24) is 14.5 Å². The van der Waals surface area contributed by atoms with E-state index < -0.39 is 24.8 Å². The van der Waals surface area contributed by atoms with Gasteiger partial charge in [-0.2, -0.15) is 0 Å². The van der Waals surface area contributed by atoms with Gasteiger partial charge >= 0.3 is 0 Å². The van der Waals surface area contributed by atoms with E-state index in [1.807, 2.05) is 0 Å². The number of amidine groups is 1. The number of amides is 1. The van der Waals surface area contributed by atoms with Crippen LogP contribution >= 0.6 is 0 Å². The van der Waals surface area contributed by atoms with Gasteiger partial charge in [0.1, 0.15) is 24.6 Å². The standard InChI is InChI=1S/C20H20F2N6O2/c1-11-16(25-12(2)30-11)19(29)26-15-7-14(4-3-13(15)8-21)20(9-22)10-28-6-5-24-18(28)17(23)27-20/h3-7H,8-10H2,1-2H3,(H2,23,27)(H,26,29). The van der Waals surface area contributed by atoms with Gasteiger partial charge in [0.2, 0.25) is 0 Å². The number of anilines is 1. The number of carbonyl (C=O) groups excluding carboxylic acids is 1. The van der Waals surface area contributed by atoms with E-state index in [-0.39, 0.29) is 29.3 Å². The minimum atomic E-state index is -1.31. The fourth-order valence-electron chi connectivity index (χ4n) is 3.59. The first-order valence-electron chi connectivity index (χ1n) is 9.24. The van der Waals surface area contributed by atoms with Gasteiger partial charge in [-0.3, -0.25) is 4.79 Å². The SMILES string of the molecule is Cc1nc(C(=O)Nc2cc(C3(CF)Cn4ccnc4C(N)=N3)ccc2CF)c(C)o1. The van der Waals surface area contributed by atoms with E-state index in [1.165, 1.54) is 12.1 Å². The normalized spacial score (nSPS) is 18.1. The average molecular weight is 414 g/mol. The maximum Gasteiger partial charge on any atom is 0.277 e. The molecule has 1 aliphatic heterocycles. The Balaban J connectivity index is 1.73. The minimum Gasteiger partial charge on any atom is -0.445 e. The molecule has 0 fully saturated rings. The number of carbonyl (C=O) groups is 1. The van der Waals surface area contributed by atoms with Crippen LogP contribution in [0.5, 0.6) is 0 Å². The number of hydrogen-bond acceptors (Lipinski definition) is 6. The summed E-state index contributed by atoms with van der Waals surface area (Å²) in [5.74, 6) is 0.716. The molecule has 4 rings (SSSR count). The summed E-state index contributed by atoms with van der Waals surface area (Å²) >= 11 is 0. The molecule has 3 heterocycles. The zero-order chi connectivity index (χ0) is 21.5. The monoisotopic (exact) mass is 414 g/mol. The summed E-state index contributed by atoms with van der Waals surface area (Å²) in [6, 6.07) is 4.61. The number of benzene rings is 1. The smallest absolute Gasteiger partial charge is 0.277 e. The second-order valence-electron chi connectivity index (χ2n) is 7.14. The van der Waals surface area contributed by atoms with Crippen LogP contribution in [-0.4, -0.2) is 33.0 Å². The zero-order valence-electron chi connectivity index (χ0n) is 16.4. The Hall–Kier alpha value is -3.56. The van der Waals surface area contributed by atoms with Crippen molar-refractivity contribution in [2.24, 2.45) is 10.7 Å². The summed E-state index contributed by atoms with van der Waals surface area (Å²) in [5.41, 5.74) is 5.69. The second kappa shape index (κ2) is 7.36. The minimum absolute atomic E-state index is 0.103. The molecule has 3 aromatic rings. The van der Waals surface area contributed by atoms with Crippen LogP contribution in [0.15, 0.2) is 40.0 Å². The molecule has 0 saturated heterocycles. The Bertz CT molecular complexity index is 1150. The lowest BCUT2D eigenvalue weighted by atomic mass is 9.89. The summed E-state index contributed by atoms with van der Waals surface area (Å²) < 4.78 is 34.9. The summed E-state index contributed by atoms with van der Waals surface area (Å²) in [6.07, 6.45) is 3.25. The van der Waals surface area contributed by atoms with E-state index in [4.69, 9.17) is 10.2 Å². The van der Waals surface area contributed by atoms with Gasteiger partial charge in [-0.25, -0.2) is 23.7 Å². The molecule has 1 amide bonds. The second-order valence-corrected chi connectivity index (χ2v) is 7.14. The number of nitrogens with two attached hydrogens (primary N) is 1. The third-order valence-corrected chi connectivity index (χ3v) is 5.09. The van der Waals surface area contributed by atoms with E-state index in [0.29, 0.717) is 23.0 Å². The number of nitrogens with zero attached hydrogens (tertiary/aromatic N) is 4. The number of halogens is 2. The third-order valence-electron chi connectivity index (χ3n) is 5.09. The number of aliphatic imine (C=N–C) groups is 1. The maximum atomic E-state index is 14.3. The van der Waals surface area contributed by atoms with Gasteiger partial charge in [0.25, 0.3) is 5.91 Å². The van der Waals surface area contributed by atoms with Crippen LogP contribution in [-0.2, 0) is 18.8 Å². The van der Waals surface area contributed by atoms with Crippen LogP contribution in [0, 0.1) is 13.8 Å². The summed E-state index contributed by atoms with van der Waals surface area (Å²) in [4.78, 5) is 25.2. The van der Waals surface area contributed by atoms with Crippen molar-refractivity contribution in [2.45, 2.75) is 32.6 Å². The first-order chi connectivity index (χ1) is 14.4. The van der Waals surface area contributed by atoms with E-state index in [1.54, 1.807) is 36.9 Å². The highest BCUT2D eigenvalue weighted by molar-refractivity contribution is 6.04. The van der Waals surface area contributed by atoms with Crippen molar-refractivity contribution in [1.29, 1.82) is 0 Å². The number of rotatable bonds is 5. The molecule has 3 N–H and O–H groups in total. The topological polar surface area (TPSA) is 111 Å². The number of imidazole rings is 1. The number of fused-ring (bicyclic) bond motifs is 1. The Morgan fingerprint density at radius 3 is 2.83 bits per heavy atom. The van der Waals surface area contributed by atoms with Crippen molar-refractivity contribution in [3.8, 4) is 0 Å². The van der Waals surface area contributed by atoms with Crippen LogP contribution in [0.4, 0.5) is 14.5 Å². The fraction of sp³-hybridized carbons (Fsp3) is 0.300. The first kappa shape index (κ1) is 19.7. The average Bonchev–Trinajstić information content (AvgIpc) is 3.33. The fourth-order valence-corrected chi connectivity index (χ4v) is 3.59. The zero-order valence-corrected chi connectivity index (χ0v) is 16.4. The summed E-state index contributed by atoms with van der Waals surface area (Å²) in [5, 5.41) is 2.66. The number of alkyl halides is 2. The molecule has 0 bridgehead atoms. The lowest BCUT2D eigenvalue weighted by Gasteiger charge is -2.32. The van der Waals surface area contributed by atoms with Gasteiger partial charge in [-0.1, -0.05) is 12.1 Å². The molecule has 2 aromatic heterocycles. The van der Waals surface area contributed by atoms with Crippen molar-refractivity contribution in [3.05, 3.63) is 64.9 Å². The molecule has 30 heavy (non-hydrogen) atoms. The van der Waals surface area contributed by atoms with E-state index in [9.17, 15) is 13.6 Å². The van der Waals surface area contributed by atoms with E-state index in [2.05, 4.69) is 20.3 Å². The molecule has 1 aliphatic rings. The highest BCUT2D eigenvalue weighted by Crippen LogP contribution is 2.35. The molecule has 0 aliphatic carbocycles. The first-order valence-corrected chi connectivity index (χ1v) is 9.24. The van der Waals surface area contributed by atoms with Gasteiger partial charge in [-0.15, -0.1) is 0 Å². The number of oxazole rings is 1. The molecular formula is C20H20F2N6O2. The van der Waals surface area contributed by atoms with E-state index in [0.717, 1.165) is 0 Å². The van der Waals surface area contributed by atoms with Crippen LogP contribution in [0.1, 0.15) is 39.1 Å². The van der Waals surface area contributed by atoms with Crippen molar-refractivity contribution >= 4 is 17.4 Å². The molecule has 1 atom stereocenters. The number of hydrogen-bond donors (Lipinski definition) is 2. The molecular weight excluding hydrogens is 394 g/mol. The van der Waals surface area contributed by atoms with E-state index >= 15 is 0 Å². The van der Waals surface area contributed by atoms with Gasteiger partial charge in [0, 0.05) is 30.6 Å². The van der Waals surface area contributed by atoms with Gasteiger partial charge in [0.05, 0.1) is 6.54 Å². The Morgan fingerprint density at radius 1 is 1.37 bits per heavy atom. The molecule has 1 aromatic carbocycles. The van der Waals surface area contributed by atoms with Crippen LogP contribution < -0.4 is 11.1 Å². The number of aromatic nitrogens is 3. The Morgan fingerprint density at radius 2 is 2.17 bits per heavy atom. The largest absolute Gasteiger partial charge is 0.445 e. The molecule has 0 spiro atoms. The molecule has 1 unspecified atom stereocenters. The van der Waals surface area contributed by atoms with Crippen LogP contribution in [0.2, 0.25) is 0 Å². The van der Waals surface area contributed by atoms with Crippen molar-refractivity contribution in [2.75, 3.05) is 12.0 Å². The highest BCUT2D eigenvalue weighted by Gasteiger charge is 2.38. The predicted octanol–water partition coefficient (Wildman–Crippen LogP) is 2.79. The Labute approximate surface area is 170 Å². The molecule has 0 saturated carbocycles. The summed E-state index contributed by atoms with van der Waals surface area (Å²) in [7, 11) is 0. The van der Waals surface area contributed by atoms with Crippen LogP contribution in [0.3, 0.4) is 0 Å². The number of aryl methyl sites for hydroxylation is 2. The molecule has 8 nitrogen and oxygen atoms in total. The van der Waals surface area contributed by atoms with Gasteiger partial charge < -0.3 is 20.0 Å². The summed E-state index contributed by atoms with van der Waals surface area (Å²) in [6.45, 7) is 1.76. The molecule has 0 radical (unpaired) electrons. The van der Waals surface area contributed by atoms with Gasteiger partial charge in [0.15, 0.2) is 23.2 Å². The van der Waals surface area contributed by atoms with Crippen molar-refractivity contribution < 1.29 is 18.0 Å². The highest BCUT2D eigenvalue weighted by atomic mass is 19.1. The third kappa shape index (κ3) is 3.23. The van der Waals surface area contributed by atoms with Crippen LogP contribution in [0.25, 0.3) is 0 Å². The molecule has 10 heteroatoms. The quantitative estimate of drug-likeness (QED) is 0.667. The van der Waals surface area contributed by atoms with Gasteiger partial charge in [-0.05, 0) is 18.6 Å². The molecule has 156 valence electrons.